The Balaban J connectivity index is 1.40. The number of anilines is 1. The van der Waals surface area contributed by atoms with E-state index in [2.05, 4.69) is 9.88 Å². The van der Waals surface area contributed by atoms with Crippen molar-refractivity contribution in [2.24, 2.45) is 5.92 Å². The van der Waals surface area contributed by atoms with E-state index in [1.165, 1.54) is 0 Å². The number of benzene rings is 2. The highest BCUT2D eigenvalue weighted by molar-refractivity contribution is 5.97. The summed E-state index contributed by atoms with van der Waals surface area (Å²) in [6.07, 6.45) is 3.97. The van der Waals surface area contributed by atoms with Crippen molar-refractivity contribution in [3.63, 3.8) is 0 Å². The second kappa shape index (κ2) is 7.35. The molecule has 0 aliphatic carbocycles. The van der Waals surface area contributed by atoms with Gasteiger partial charge in [0.2, 0.25) is 0 Å². The van der Waals surface area contributed by atoms with Gasteiger partial charge in [-0.25, -0.2) is 4.98 Å². The lowest BCUT2D eigenvalue weighted by Gasteiger charge is -2.39. The summed E-state index contributed by atoms with van der Waals surface area (Å²) in [4.78, 5) is 27.0. The number of piperidine rings is 1. The smallest absolute Gasteiger partial charge is 0.257 e. The van der Waals surface area contributed by atoms with Crippen LogP contribution >= 0.6 is 0 Å². The monoisotopic (exact) mass is 388 g/mol. The largest absolute Gasteiger partial charge is 0.496 e. The van der Waals surface area contributed by atoms with Crippen LogP contribution in [0, 0.1) is 5.92 Å². The molecule has 148 valence electrons. The van der Waals surface area contributed by atoms with Crippen molar-refractivity contribution < 1.29 is 9.53 Å². The first-order valence-corrected chi connectivity index (χ1v) is 10.2. The average molecular weight is 388 g/mol. The van der Waals surface area contributed by atoms with E-state index in [0.717, 1.165) is 49.3 Å². The van der Waals surface area contributed by atoms with Gasteiger partial charge in [-0.3, -0.25) is 9.78 Å². The molecule has 2 aliphatic rings. The summed E-state index contributed by atoms with van der Waals surface area (Å²) in [6, 6.07) is 15.6. The van der Waals surface area contributed by atoms with Gasteiger partial charge < -0.3 is 14.5 Å². The minimum absolute atomic E-state index is 0.0568. The van der Waals surface area contributed by atoms with Crippen molar-refractivity contribution in [1.29, 1.82) is 0 Å². The van der Waals surface area contributed by atoms with E-state index in [1.54, 1.807) is 7.11 Å². The van der Waals surface area contributed by atoms with Gasteiger partial charge in [0.05, 0.1) is 35.9 Å². The van der Waals surface area contributed by atoms with Crippen molar-refractivity contribution in [3.8, 4) is 5.75 Å². The molecule has 0 bridgehead atoms. The number of nitrogens with zero attached hydrogens (tertiary/aromatic N) is 4. The predicted molar refractivity (Wildman–Crippen MR) is 112 cm³/mol. The number of ether oxygens (including phenoxy) is 1. The molecule has 0 radical (unpaired) electrons. The van der Waals surface area contributed by atoms with E-state index in [1.807, 2.05) is 59.6 Å². The SMILES string of the molecule is COc1ccccc1C(=O)N1CCC2CCN(c3cnc4ccccc4n3)CC21. The third kappa shape index (κ3) is 3.18. The maximum absolute atomic E-state index is 13.3. The fourth-order valence-corrected chi connectivity index (χ4v) is 4.68. The molecule has 0 N–H and O–H groups in total. The molecule has 29 heavy (non-hydrogen) atoms. The Kier molecular flexibility index (Phi) is 4.54. The number of likely N-dealkylation sites (tertiary alicyclic amines) is 1. The Morgan fingerprint density at radius 3 is 2.66 bits per heavy atom. The van der Waals surface area contributed by atoms with Crippen LogP contribution in [0.3, 0.4) is 0 Å². The fraction of sp³-hybridized carbons (Fsp3) is 0.348. The first-order chi connectivity index (χ1) is 14.2. The molecule has 2 unspecified atom stereocenters. The van der Waals surface area contributed by atoms with Gasteiger partial charge in [-0.1, -0.05) is 24.3 Å². The van der Waals surface area contributed by atoms with E-state index in [-0.39, 0.29) is 11.9 Å². The van der Waals surface area contributed by atoms with Crippen molar-refractivity contribution in [2.45, 2.75) is 18.9 Å². The maximum Gasteiger partial charge on any atom is 0.257 e. The highest BCUT2D eigenvalue weighted by Crippen LogP contribution is 2.35. The Morgan fingerprint density at radius 1 is 1.03 bits per heavy atom. The molecular weight excluding hydrogens is 364 g/mol. The van der Waals surface area contributed by atoms with Gasteiger partial charge in [0, 0.05) is 19.6 Å². The van der Waals surface area contributed by atoms with Gasteiger partial charge in [0.25, 0.3) is 5.91 Å². The zero-order valence-corrected chi connectivity index (χ0v) is 16.5. The maximum atomic E-state index is 13.3. The van der Waals surface area contributed by atoms with Gasteiger partial charge in [-0.15, -0.1) is 0 Å². The van der Waals surface area contributed by atoms with Gasteiger partial charge in [-0.2, -0.15) is 0 Å². The molecule has 0 spiro atoms. The molecule has 2 fully saturated rings. The topological polar surface area (TPSA) is 58.6 Å². The lowest BCUT2D eigenvalue weighted by Crippen LogP contribution is -2.50. The van der Waals surface area contributed by atoms with E-state index < -0.39 is 0 Å². The highest BCUT2D eigenvalue weighted by atomic mass is 16.5. The number of fused-ring (bicyclic) bond motifs is 2. The van der Waals surface area contributed by atoms with Gasteiger partial charge in [0.15, 0.2) is 0 Å². The summed E-state index contributed by atoms with van der Waals surface area (Å²) >= 11 is 0. The molecule has 5 rings (SSSR count). The van der Waals surface area contributed by atoms with Crippen molar-refractivity contribution >= 4 is 22.8 Å². The molecule has 2 atom stereocenters. The fourth-order valence-electron chi connectivity index (χ4n) is 4.68. The first kappa shape index (κ1) is 17.9. The summed E-state index contributed by atoms with van der Waals surface area (Å²) in [5.74, 6) is 2.12. The van der Waals surface area contributed by atoms with Gasteiger partial charge in [-0.05, 0) is 43.0 Å². The number of carbonyl (C=O) groups is 1. The second-order valence-electron chi connectivity index (χ2n) is 7.77. The Morgan fingerprint density at radius 2 is 1.79 bits per heavy atom. The van der Waals surface area contributed by atoms with Crippen LogP contribution in [0.4, 0.5) is 5.82 Å². The summed E-state index contributed by atoms with van der Waals surface area (Å²) in [6.45, 7) is 2.53. The summed E-state index contributed by atoms with van der Waals surface area (Å²) in [5, 5.41) is 0. The van der Waals surface area contributed by atoms with Crippen LogP contribution in [-0.4, -0.2) is 53.6 Å². The minimum Gasteiger partial charge on any atom is -0.496 e. The van der Waals surface area contributed by atoms with Crippen molar-refractivity contribution in [3.05, 3.63) is 60.3 Å². The zero-order chi connectivity index (χ0) is 19.8. The molecular formula is C23H24N4O2. The minimum atomic E-state index is 0.0568. The number of amides is 1. The number of methoxy groups -OCH3 is 1. The van der Waals surface area contributed by atoms with E-state index in [9.17, 15) is 4.79 Å². The lowest BCUT2D eigenvalue weighted by molar-refractivity contribution is 0.0708. The van der Waals surface area contributed by atoms with E-state index in [4.69, 9.17) is 9.72 Å². The average Bonchev–Trinajstić information content (AvgIpc) is 3.21. The van der Waals surface area contributed by atoms with Gasteiger partial charge in [0.1, 0.15) is 11.6 Å². The molecule has 3 aromatic rings. The molecule has 0 saturated carbocycles. The number of carbonyl (C=O) groups excluding carboxylic acids is 1. The molecule has 2 aliphatic heterocycles. The number of aromatic nitrogens is 2. The molecule has 1 amide bonds. The van der Waals surface area contributed by atoms with Crippen LogP contribution < -0.4 is 9.64 Å². The van der Waals surface area contributed by atoms with Gasteiger partial charge >= 0.3 is 0 Å². The van der Waals surface area contributed by atoms with E-state index in [0.29, 0.717) is 17.2 Å². The van der Waals surface area contributed by atoms with Crippen LogP contribution in [-0.2, 0) is 0 Å². The predicted octanol–water partition coefficient (Wildman–Crippen LogP) is 3.38. The second-order valence-corrected chi connectivity index (χ2v) is 7.77. The third-order valence-electron chi connectivity index (χ3n) is 6.22. The molecule has 2 saturated heterocycles. The van der Waals surface area contributed by atoms with Crippen LogP contribution in [0.25, 0.3) is 11.0 Å². The van der Waals surface area contributed by atoms with E-state index >= 15 is 0 Å². The number of para-hydroxylation sites is 3. The Hall–Kier alpha value is -3.15. The van der Waals surface area contributed by atoms with Crippen LogP contribution in [0.5, 0.6) is 5.75 Å². The normalized spacial score (nSPS) is 21.3. The van der Waals surface area contributed by atoms with Crippen LogP contribution in [0.15, 0.2) is 54.7 Å². The molecule has 6 heteroatoms. The lowest BCUT2D eigenvalue weighted by atomic mass is 9.92. The Labute approximate surface area is 170 Å². The van der Waals surface area contributed by atoms with Crippen molar-refractivity contribution in [2.75, 3.05) is 31.6 Å². The van der Waals surface area contributed by atoms with Crippen molar-refractivity contribution in [1.82, 2.24) is 14.9 Å². The number of hydrogen-bond donors (Lipinski definition) is 0. The summed E-state index contributed by atoms with van der Waals surface area (Å²) < 4.78 is 5.42. The molecule has 2 aromatic carbocycles. The van der Waals surface area contributed by atoms with Crippen LogP contribution in [0.2, 0.25) is 0 Å². The van der Waals surface area contributed by atoms with Crippen LogP contribution in [0.1, 0.15) is 23.2 Å². The standard InChI is InChI=1S/C23H24N4O2/c1-29-21-9-5-2-6-17(21)23(28)27-13-11-16-10-12-26(15-20(16)27)22-14-24-18-7-3-4-8-19(18)25-22/h2-9,14,16,20H,10-13,15H2,1H3. The number of rotatable bonds is 3. The quantitative estimate of drug-likeness (QED) is 0.688. The molecule has 1 aromatic heterocycles. The number of hydrogen-bond acceptors (Lipinski definition) is 5. The first-order valence-electron chi connectivity index (χ1n) is 10.2. The highest BCUT2D eigenvalue weighted by Gasteiger charge is 2.41. The molecule has 3 heterocycles. The Bertz CT molecular complexity index is 1050. The third-order valence-corrected chi connectivity index (χ3v) is 6.22. The zero-order valence-electron chi connectivity index (χ0n) is 16.5. The summed E-state index contributed by atoms with van der Waals surface area (Å²) in [7, 11) is 1.61. The molecule has 6 nitrogen and oxygen atoms in total. The summed E-state index contributed by atoms with van der Waals surface area (Å²) in [5.41, 5.74) is 2.44.